The number of alkyl halides is 3. The number of nitrogens with two attached hydrogens (primary N) is 1. The quantitative estimate of drug-likeness (QED) is 0.829. The lowest BCUT2D eigenvalue weighted by molar-refractivity contribution is -0.274. The first-order valence-electron chi connectivity index (χ1n) is 5.66. The van der Waals surface area contributed by atoms with Crippen molar-refractivity contribution in [3.05, 3.63) is 23.8 Å². The molecule has 1 aromatic rings. The van der Waals surface area contributed by atoms with Gasteiger partial charge in [-0.2, -0.15) is 0 Å². The molecule has 0 aliphatic heterocycles. The predicted octanol–water partition coefficient (Wildman–Crippen LogP) is 2.75. The minimum Gasteiger partial charge on any atom is -0.481 e. The number of hydrogen-bond donors (Lipinski definition) is 2. The summed E-state index contributed by atoms with van der Waals surface area (Å²) >= 11 is 0. The molecule has 2 rings (SSSR count). The SMILES string of the molecule is Nc1c(OC(F)(F)F)cccc1C(C(=O)O)C1CC1. The Kier molecular flexibility index (Phi) is 3.30. The summed E-state index contributed by atoms with van der Waals surface area (Å²) in [4.78, 5) is 11.2. The molecule has 0 aromatic heterocycles. The van der Waals surface area contributed by atoms with E-state index in [1.807, 2.05) is 0 Å². The Balaban J connectivity index is 2.35. The van der Waals surface area contributed by atoms with Crippen molar-refractivity contribution >= 4 is 11.7 Å². The van der Waals surface area contributed by atoms with Gasteiger partial charge >= 0.3 is 12.3 Å². The zero-order valence-corrected chi connectivity index (χ0v) is 9.78. The van der Waals surface area contributed by atoms with Crippen molar-refractivity contribution in [2.75, 3.05) is 5.73 Å². The van der Waals surface area contributed by atoms with E-state index in [4.69, 9.17) is 10.8 Å². The smallest absolute Gasteiger partial charge is 0.481 e. The molecule has 0 radical (unpaired) electrons. The molecular weight excluding hydrogens is 263 g/mol. The van der Waals surface area contributed by atoms with Crippen molar-refractivity contribution in [2.24, 2.45) is 5.92 Å². The number of benzene rings is 1. The zero-order valence-electron chi connectivity index (χ0n) is 9.78. The summed E-state index contributed by atoms with van der Waals surface area (Å²) in [5.74, 6) is -2.59. The topological polar surface area (TPSA) is 72.5 Å². The highest BCUT2D eigenvalue weighted by Crippen LogP contribution is 2.46. The van der Waals surface area contributed by atoms with E-state index < -0.39 is 24.0 Å². The summed E-state index contributed by atoms with van der Waals surface area (Å²) in [7, 11) is 0. The number of aliphatic carboxylic acids is 1. The Morgan fingerprint density at radius 3 is 2.53 bits per heavy atom. The van der Waals surface area contributed by atoms with Crippen LogP contribution in [-0.4, -0.2) is 17.4 Å². The lowest BCUT2D eigenvalue weighted by Crippen LogP contribution is -2.20. The van der Waals surface area contributed by atoms with Crippen molar-refractivity contribution in [3.8, 4) is 5.75 Å². The van der Waals surface area contributed by atoms with E-state index in [0.29, 0.717) is 0 Å². The Bertz CT molecular complexity index is 497. The number of carboxylic acid groups (broad SMARTS) is 1. The first-order valence-corrected chi connectivity index (χ1v) is 5.66. The molecule has 1 aromatic carbocycles. The van der Waals surface area contributed by atoms with Crippen molar-refractivity contribution in [1.29, 1.82) is 0 Å². The largest absolute Gasteiger partial charge is 0.573 e. The minimum atomic E-state index is -4.86. The van der Waals surface area contributed by atoms with Crippen LogP contribution in [0.3, 0.4) is 0 Å². The van der Waals surface area contributed by atoms with E-state index in [1.54, 1.807) is 0 Å². The van der Waals surface area contributed by atoms with E-state index in [1.165, 1.54) is 12.1 Å². The van der Waals surface area contributed by atoms with Crippen molar-refractivity contribution in [1.82, 2.24) is 0 Å². The maximum atomic E-state index is 12.2. The molecule has 104 valence electrons. The first kappa shape index (κ1) is 13.5. The molecule has 3 N–H and O–H groups in total. The number of para-hydroxylation sites is 1. The molecular formula is C12H12F3NO3. The number of carboxylic acids is 1. The number of rotatable bonds is 4. The number of hydrogen-bond acceptors (Lipinski definition) is 3. The molecule has 1 fully saturated rings. The van der Waals surface area contributed by atoms with Crippen LogP contribution in [-0.2, 0) is 4.79 Å². The third kappa shape index (κ3) is 3.10. The molecule has 0 saturated heterocycles. The monoisotopic (exact) mass is 275 g/mol. The number of nitrogen functional groups attached to an aromatic ring is 1. The van der Waals surface area contributed by atoms with Gasteiger partial charge in [-0.1, -0.05) is 12.1 Å². The average Bonchev–Trinajstić information content (AvgIpc) is 3.05. The minimum absolute atomic E-state index is 0.0686. The van der Waals surface area contributed by atoms with E-state index >= 15 is 0 Å². The highest BCUT2D eigenvalue weighted by Gasteiger charge is 2.39. The molecule has 4 nitrogen and oxygen atoms in total. The molecule has 0 heterocycles. The highest BCUT2D eigenvalue weighted by atomic mass is 19.4. The number of anilines is 1. The number of carbonyl (C=O) groups is 1. The van der Waals surface area contributed by atoms with Gasteiger partial charge in [-0.3, -0.25) is 4.79 Å². The normalized spacial score (nSPS) is 17.0. The van der Waals surface area contributed by atoms with Crippen LogP contribution in [0, 0.1) is 5.92 Å². The van der Waals surface area contributed by atoms with Crippen LogP contribution in [0.15, 0.2) is 18.2 Å². The summed E-state index contributed by atoms with van der Waals surface area (Å²) in [5.41, 5.74) is 5.52. The Labute approximate surface area is 107 Å². The molecule has 7 heteroatoms. The maximum absolute atomic E-state index is 12.2. The first-order chi connectivity index (χ1) is 8.79. The predicted molar refractivity (Wildman–Crippen MR) is 60.6 cm³/mol. The van der Waals surface area contributed by atoms with Crippen LogP contribution in [0.1, 0.15) is 24.3 Å². The van der Waals surface area contributed by atoms with Gasteiger partial charge in [-0.15, -0.1) is 13.2 Å². The molecule has 0 spiro atoms. The summed E-state index contributed by atoms with van der Waals surface area (Å²) < 4.78 is 40.4. The summed E-state index contributed by atoms with van der Waals surface area (Å²) in [5, 5.41) is 9.17. The van der Waals surface area contributed by atoms with Crippen molar-refractivity contribution in [3.63, 3.8) is 0 Å². The van der Waals surface area contributed by atoms with E-state index in [9.17, 15) is 18.0 Å². The molecule has 0 amide bonds. The molecule has 1 atom stereocenters. The van der Waals surface area contributed by atoms with E-state index in [0.717, 1.165) is 18.9 Å². The number of halogens is 3. The van der Waals surface area contributed by atoms with Gasteiger partial charge in [0.2, 0.25) is 0 Å². The zero-order chi connectivity index (χ0) is 14.2. The number of ether oxygens (including phenoxy) is 1. The Morgan fingerprint density at radius 2 is 2.05 bits per heavy atom. The van der Waals surface area contributed by atoms with Crippen LogP contribution in [0.4, 0.5) is 18.9 Å². The van der Waals surface area contributed by atoms with Crippen LogP contribution in [0.25, 0.3) is 0 Å². The Hall–Kier alpha value is -1.92. The summed E-state index contributed by atoms with van der Waals surface area (Å²) in [6, 6.07) is 3.80. The van der Waals surface area contributed by atoms with Gasteiger partial charge < -0.3 is 15.6 Å². The molecule has 0 bridgehead atoms. The molecule has 1 aliphatic carbocycles. The molecule has 1 saturated carbocycles. The third-order valence-corrected chi connectivity index (χ3v) is 3.02. The lowest BCUT2D eigenvalue weighted by atomic mass is 9.92. The third-order valence-electron chi connectivity index (χ3n) is 3.02. The second-order valence-corrected chi connectivity index (χ2v) is 4.46. The van der Waals surface area contributed by atoms with Gasteiger partial charge in [0.25, 0.3) is 0 Å². The average molecular weight is 275 g/mol. The van der Waals surface area contributed by atoms with Crippen molar-refractivity contribution < 1.29 is 27.8 Å². The van der Waals surface area contributed by atoms with Crippen LogP contribution in [0.5, 0.6) is 5.75 Å². The van der Waals surface area contributed by atoms with E-state index in [2.05, 4.69) is 4.74 Å². The van der Waals surface area contributed by atoms with Gasteiger partial charge in [0, 0.05) is 0 Å². The van der Waals surface area contributed by atoms with Crippen LogP contribution < -0.4 is 10.5 Å². The fourth-order valence-corrected chi connectivity index (χ4v) is 2.06. The fraction of sp³-hybridized carbons (Fsp3) is 0.417. The second-order valence-electron chi connectivity index (χ2n) is 4.46. The van der Waals surface area contributed by atoms with Gasteiger partial charge in [-0.05, 0) is 30.4 Å². The van der Waals surface area contributed by atoms with E-state index in [-0.39, 0.29) is 17.2 Å². The summed E-state index contributed by atoms with van der Waals surface area (Å²) in [6.45, 7) is 0. The molecule has 19 heavy (non-hydrogen) atoms. The van der Waals surface area contributed by atoms with Gasteiger partial charge in [-0.25, -0.2) is 0 Å². The lowest BCUT2D eigenvalue weighted by Gasteiger charge is -2.17. The van der Waals surface area contributed by atoms with Crippen LogP contribution >= 0.6 is 0 Å². The van der Waals surface area contributed by atoms with Crippen LogP contribution in [0.2, 0.25) is 0 Å². The molecule has 1 aliphatic rings. The standard InChI is InChI=1S/C12H12F3NO3/c13-12(14,15)19-8-3-1-2-7(10(8)16)9(11(17)18)6-4-5-6/h1-3,6,9H,4-5,16H2,(H,17,18). The molecule has 1 unspecified atom stereocenters. The fourth-order valence-electron chi connectivity index (χ4n) is 2.06. The van der Waals surface area contributed by atoms with Gasteiger partial charge in [0.15, 0.2) is 5.75 Å². The van der Waals surface area contributed by atoms with Gasteiger partial charge in [0.05, 0.1) is 11.6 Å². The summed E-state index contributed by atoms with van der Waals surface area (Å²) in [6.07, 6.45) is -3.38. The second kappa shape index (κ2) is 4.64. The maximum Gasteiger partial charge on any atom is 0.573 e. The Morgan fingerprint density at radius 1 is 1.42 bits per heavy atom. The van der Waals surface area contributed by atoms with Gasteiger partial charge in [0.1, 0.15) is 0 Å². The van der Waals surface area contributed by atoms with Crippen molar-refractivity contribution in [2.45, 2.75) is 25.1 Å². The highest BCUT2D eigenvalue weighted by molar-refractivity contribution is 5.80.